The molecule has 1 aliphatic rings. The Morgan fingerprint density at radius 2 is 2.38 bits per heavy atom. The molecule has 0 radical (unpaired) electrons. The quantitative estimate of drug-likeness (QED) is 0.832. The first kappa shape index (κ1) is 15.7. The number of carbonyl (C=O) groups is 1. The summed E-state index contributed by atoms with van der Waals surface area (Å²) in [6, 6.07) is 3.70. The molecule has 0 saturated carbocycles. The summed E-state index contributed by atoms with van der Waals surface area (Å²) >= 11 is 0. The normalized spacial score (nSPS) is 17.9. The number of benzene rings is 1. The molecule has 5 nitrogen and oxygen atoms in total. The van der Waals surface area contributed by atoms with Crippen molar-refractivity contribution < 1.29 is 19.0 Å². The van der Waals surface area contributed by atoms with E-state index in [1.165, 1.54) is 12.1 Å². The maximum absolute atomic E-state index is 13.0. The number of phenolic OH excluding ortho intramolecular Hbond substituents is 1. The van der Waals surface area contributed by atoms with Crippen molar-refractivity contribution in [3.63, 3.8) is 0 Å². The average Bonchev–Trinajstić information content (AvgIpc) is 2.95. The third-order valence-electron chi connectivity index (χ3n) is 3.65. The van der Waals surface area contributed by atoms with Crippen LogP contribution in [-0.4, -0.2) is 55.3 Å². The molecule has 1 amide bonds. The zero-order chi connectivity index (χ0) is 15.2. The predicted octanol–water partition coefficient (Wildman–Crippen LogP) is 1.37. The number of carbonyl (C=O) groups excluding carboxylic acids is 1. The van der Waals surface area contributed by atoms with Crippen molar-refractivity contribution in [3.05, 3.63) is 29.6 Å². The van der Waals surface area contributed by atoms with Gasteiger partial charge in [0, 0.05) is 32.3 Å². The average molecular weight is 296 g/mol. The van der Waals surface area contributed by atoms with E-state index in [1.54, 1.807) is 12.0 Å². The van der Waals surface area contributed by atoms with E-state index in [9.17, 15) is 14.3 Å². The van der Waals surface area contributed by atoms with Crippen LogP contribution in [0.3, 0.4) is 0 Å². The molecule has 1 aromatic carbocycles. The first-order chi connectivity index (χ1) is 10.1. The molecule has 0 bridgehead atoms. The number of hydrogen-bond donors (Lipinski definition) is 2. The van der Waals surface area contributed by atoms with E-state index in [0.29, 0.717) is 19.7 Å². The molecule has 6 heteroatoms. The second kappa shape index (κ2) is 7.38. The lowest BCUT2D eigenvalue weighted by Crippen LogP contribution is -2.42. The first-order valence-corrected chi connectivity index (χ1v) is 7.12. The Kier molecular flexibility index (Phi) is 5.52. The Balaban J connectivity index is 2.11. The summed E-state index contributed by atoms with van der Waals surface area (Å²) < 4.78 is 18.1. The number of aromatic hydroxyl groups is 1. The summed E-state index contributed by atoms with van der Waals surface area (Å²) in [6.45, 7) is 2.36. The first-order valence-electron chi connectivity index (χ1n) is 7.12. The second-order valence-corrected chi connectivity index (χ2v) is 5.20. The van der Waals surface area contributed by atoms with Crippen molar-refractivity contribution >= 4 is 5.91 Å². The SMILES string of the molecule is COCCN(CC1CCCN1)C(=O)c1ccc(F)cc1O. The van der Waals surface area contributed by atoms with Crippen LogP contribution in [-0.2, 0) is 4.74 Å². The molecule has 2 rings (SSSR count). The van der Waals surface area contributed by atoms with E-state index in [4.69, 9.17) is 4.74 Å². The fourth-order valence-corrected chi connectivity index (χ4v) is 2.51. The molecule has 0 spiro atoms. The number of hydrogen-bond acceptors (Lipinski definition) is 4. The van der Waals surface area contributed by atoms with Gasteiger partial charge in [-0.05, 0) is 31.5 Å². The summed E-state index contributed by atoms with van der Waals surface area (Å²) in [7, 11) is 1.58. The number of halogens is 1. The molecule has 1 heterocycles. The topological polar surface area (TPSA) is 61.8 Å². The smallest absolute Gasteiger partial charge is 0.257 e. The molecule has 1 saturated heterocycles. The summed E-state index contributed by atoms with van der Waals surface area (Å²) in [6.07, 6.45) is 2.12. The molecule has 0 aliphatic carbocycles. The van der Waals surface area contributed by atoms with Crippen LogP contribution in [0.1, 0.15) is 23.2 Å². The van der Waals surface area contributed by atoms with Gasteiger partial charge in [-0.1, -0.05) is 0 Å². The summed E-state index contributed by atoms with van der Waals surface area (Å²) in [5.41, 5.74) is 0.116. The second-order valence-electron chi connectivity index (χ2n) is 5.20. The third-order valence-corrected chi connectivity index (χ3v) is 3.65. The highest BCUT2D eigenvalue weighted by Gasteiger charge is 2.24. The van der Waals surface area contributed by atoms with Crippen molar-refractivity contribution in [1.82, 2.24) is 10.2 Å². The fraction of sp³-hybridized carbons (Fsp3) is 0.533. The summed E-state index contributed by atoms with van der Waals surface area (Å²) in [4.78, 5) is 14.2. The molecule has 1 aromatic rings. The molecular weight excluding hydrogens is 275 g/mol. The van der Waals surface area contributed by atoms with E-state index in [-0.39, 0.29) is 23.3 Å². The Morgan fingerprint density at radius 1 is 1.57 bits per heavy atom. The maximum atomic E-state index is 13.0. The molecule has 1 fully saturated rings. The van der Waals surface area contributed by atoms with Crippen LogP contribution in [0, 0.1) is 5.82 Å². The fourth-order valence-electron chi connectivity index (χ4n) is 2.51. The number of amides is 1. The molecule has 21 heavy (non-hydrogen) atoms. The molecule has 1 unspecified atom stereocenters. The molecule has 116 valence electrons. The molecular formula is C15H21FN2O3. The number of nitrogens with one attached hydrogen (secondary N) is 1. The number of nitrogens with zero attached hydrogens (tertiary/aromatic N) is 1. The van der Waals surface area contributed by atoms with E-state index in [2.05, 4.69) is 5.32 Å². The van der Waals surface area contributed by atoms with Crippen molar-refractivity contribution in [2.75, 3.05) is 33.4 Å². The van der Waals surface area contributed by atoms with E-state index >= 15 is 0 Å². The Bertz CT molecular complexity index is 490. The molecule has 1 aliphatic heterocycles. The van der Waals surface area contributed by atoms with Crippen LogP contribution >= 0.6 is 0 Å². The Labute approximate surface area is 123 Å². The van der Waals surface area contributed by atoms with Gasteiger partial charge in [-0.15, -0.1) is 0 Å². The predicted molar refractivity (Wildman–Crippen MR) is 76.9 cm³/mol. The highest BCUT2D eigenvalue weighted by molar-refractivity contribution is 5.96. The Hall–Kier alpha value is -1.66. The van der Waals surface area contributed by atoms with Gasteiger partial charge in [-0.3, -0.25) is 4.79 Å². The van der Waals surface area contributed by atoms with Gasteiger partial charge in [-0.2, -0.15) is 0 Å². The minimum Gasteiger partial charge on any atom is -0.507 e. The molecule has 2 N–H and O–H groups in total. The van der Waals surface area contributed by atoms with Crippen LogP contribution in [0.4, 0.5) is 4.39 Å². The van der Waals surface area contributed by atoms with Crippen LogP contribution < -0.4 is 5.32 Å². The lowest BCUT2D eigenvalue weighted by Gasteiger charge is -2.26. The van der Waals surface area contributed by atoms with Gasteiger partial charge in [0.2, 0.25) is 0 Å². The van der Waals surface area contributed by atoms with E-state index < -0.39 is 5.82 Å². The largest absolute Gasteiger partial charge is 0.507 e. The third kappa shape index (κ3) is 4.15. The van der Waals surface area contributed by atoms with Crippen LogP contribution in [0.25, 0.3) is 0 Å². The molecule has 1 atom stereocenters. The van der Waals surface area contributed by atoms with Crippen LogP contribution in [0.15, 0.2) is 18.2 Å². The van der Waals surface area contributed by atoms with Crippen molar-refractivity contribution in [2.24, 2.45) is 0 Å². The summed E-state index contributed by atoms with van der Waals surface area (Å²) in [5, 5.41) is 13.1. The van der Waals surface area contributed by atoms with E-state index in [0.717, 1.165) is 25.5 Å². The lowest BCUT2D eigenvalue weighted by molar-refractivity contribution is 0.0676. The number of phenols is 1. The van der Waals surface area contributed by atoms with Crippen molar-refractivity contribution in [3.8, 4) is 5.75 Å². The zero-order valence-electron chi connectivity index (χ0n) is 12.1. The van der Waals surface area contributed by atoms with Crippen LogP contribution in [0.5, 0.6) is 5.75 Å². The number of rotatable bonds is 6. The van der Waals surface area contributed by atoms with Gasteiger partial charge >= 0.3 is 0 Å². The summed E-state index contributed by atoms with van der Waals surface area (Å²) in [5.74, 6) is -1.20. The lowest BCUT2D eigenvalue weighted by atomic mass is 10.1. The minimum atomic E-state index is -0.565. The van der Waals surface area contributed by atoms with Gasteiger partial charge in [-0.25, -0.2) is 4.39 Å². The zero-order valence-corrected chi connectivity index (χ0v) is 12.1. The highest BCUT2D eigenvalue weighted by Crippen LogP contribution is 2.20. The standard InChI is InChI=1S/C15H21FN2O3/c1-21-8-7-18(10-12-3-2-6-17-12)15(20)13-5-4-11(16)9-14(13)19/h4-5,9,12,17,19H,2-3,6-8,10H2,1H3. The molecule has 0 aromatic heterocycles. The van der Waals surface area contributed by atoms with Crippen LogP contribution in [0.2, 0.25) is 0 Å². The Morgan fingerprint density at radius 3 is 3.00 bits per heavy atom. The minimum absolute atomic E-state index is 0.116. The highest BCUT2D eigenvalue weighted by atomic mass is 19.1. The van der Waals surface area contributed by atoms with Crippen molar-refractivity contribution in [1.29, 1.82) is 0 Å². The van der Waals surface area contributed by atoms with Gasteiger partial charge in [0.1, 0.15) is 11.6 Å². The van der Waals surface area contributed by atoms with Gasteiger partial charge in [0.25, 0.3) is 5.91 Å². The monoisotopic (exact) mass is 296 g/mol. The maximum Gasteiger partial charge on any atom is 0.257 e. The number of ether oxygens (including phenoxy) is 1. The van der Waals surface area contributed by atoms with E-state index in [1.807, 2.05) is 0 Å². The van der Waals surface area contributed by atoms with Crippen molar-refractivity contribution in [2.45, 2.75) is 18.9 Å². The van der Waals surface area contributed by atoms with Gasteiger partial charge in [0.05, 0.1) is 12.2 Å². The van der Waals surface area contributed by atoms with Gasteiger partial charge < -0.3 is 20.1 Å². The van der Waals surface area contributed by atoms with Gasteiger partial charge in [0.15, 0.2) is 0 Å². The number of methoxy groups -OCH3 is 1.